The maximum Gasteiger partial charge on any atom is 0.306 e. The van der Waals surface area contributed by atoms with Gasteiger partial charge in [-0.2, -0.15) is 0 Å². The number of aliphatic hydroxyl groups is 1. The molecule has 2 atom stereocenters. The SMILES string of the molecule is CCCCCCCC[C@H](O)/C=C/c1cccc(CC2CCC(=O)O2)n1. The van der Waals surface area contributed by atoms with Gasteiger partial charge < -0.3 is 9.84 Å². The Bertz CT molecular complexity index is 556. The second-order valence-electron chi connectivity index (χ2n) is 6.89. The quantitative estimate of drug-likeness (QED) is 0.475. The van der Waals surface area contributed by atoms with Gasteiger partial charge in [0.05, 0.1) is 11.8 Å². The summed E-state index contributed by atoms with van der Waals surface area (Å²) in [6.07, 6.45) is 13.4. The third kappa shape index (κ3) is 7.82. The van der Waals surface area contributed by atoms with Gasteiger partial charge in [-0.3, -0.25) is 9.78 Å². The molecule has 1 unspecified atom stereocenters. The molecule has 4 nitrogen and oxygen atoms in total. The summed E-state index contributed by atoms with van der Waals surface area (Å²) in [6.45, 7) is 2.22. The number of aliphatic hydroxyl groups excluding tert-OH is 1. The normalized spacial score (nSPS) is 18.6. The van der Waals surface area contributed by atoms with Gasteiger partial charge in [0, 0.05) is 18.5 Å². The predicted molar refractivity (Wildman–Crippen MR) is 100 cm³/mol. The molecule has 0 aliphatic carbocycles. The number of carbonyl (C=O) groups excluding carboxylic acids is 1. The number of hydrogen-bond acceptors (Lipinski definition) is 4. The van der Waals surface area contributed by atoms with Crippen LogP contribution in [0.4, 0.5) is 0 Å². The van der Waals surface area contributed by atoms with Gasteiger partial charge in [0.15, 0.2) is 0 Å². The van der Waals surface area contributed by atoms with Crippen LogP contribution in [0.15, 0.2) is 24.3 Å². The highest BCUT2D eigenvalue weighted by molar-refractivity contribution is 5.71. The minimum atomic E-state index is -0.410. The number of rotatable bonds is 11. The minimum absolute atomic E-state index is 0.0440. The summed E-state index contributed by atoms with van der Waals surface area (Å²) in [4.78, 5) is 15.7. The molecular formula is C21H31NO3. The first-order valence-corrected chi connectivity index (χ1v) is 9.69. The number of nitrogens with zero attached hydrogens (tertiary/aromatic N) is 1. The highest BCUT2D eigenvalue weighted by Crippen LogP contribution is 2.18. The maximum absolute atomic E-state index is 11.2. The van der Waals surface area contributed by atoms with E-state index in [1.54, 1.807) is 0 Å². The lowest BCUT2D eigenvalue weighted by Crippen LogP contribution is -2.11. The molecule has 2 heterocycles. The summed E-state index contributed by atoms with van der Waals surface area (Å²) < 4.78 is 5.25. The summed E-state index contributed by atoms with van der Waals surface area (Å²) in [5.41, 5.74) is 1.76. The molecule has 1 aliphatic rings. The minimum Gasteiger partial charge on any atom is -0.462 e. The third-order valence-corrected chi connectivity index (χ3v) is 4.58. The number of hydrogen-bond donors (Lipinski definition) is 1. The third-order valence-electron chi connectivity index (χ3n) is 4.58. The largest absolute Gasteiger partial charge is 0.462 e. The zero-order chi connectivity index (χ0) is 17.9. The van der Waals surface area contributed by atoms with Gasteiger partial charge in [-0.1, -0.05) is 57.6 Å². The zero-order valence-electron chi connectivity index (χ0n) is 15.3. The molecule has 4 heteroatoms. The van der Waals surface area contributed by atoms with E-state index in [0.29, 0.717) is 12.8 Å². The van der Waals surface area contributed by atoms with Gasteiger partial charge in [-0.05, 0) is 31.1 Å². The van der Waals surface area contributed by atoms with Crippen molar-refractivity contribution in [1.82, 2.24) is 4.98 Å². The standard InChI is InChI=1S/C21H31NO3/c1-2-3-4-5-6-7-11-19(23)13-12-17-9-8-10-18(22-17)16-20-14-15-21(24)25-20/h8-10,12-13,19-20,23H,2-7,11,14-16H2,1H3/b13-12+/t19-,20?/m0/s1. The van der Waals surface area contributed by atoms with Gasteiger partial charge in [-0.25, -0.2) is 0 Å². The number of cyclic esters (lactones) is 1. The van der Waals surface area contributed by atoms with E-state index in [1.165, 1.54) is 32.1 Å². The second kappa shape index (κ2) is 11.0. The molecule has 1 fully saturated rings. The first-order chi connectivity index (χ1) is 12.2. The molecule has 1 aliphatic heterocycles. The molecule has 1 aromatic rings. The van der Waals surface area contributed by atoms with E-state index in [9.17, 15) is 9.90 Å². The Kier molecular flexibility index (Phi) is 8.67. The van der Waals surface area contributed by atoms with Crippen molar-refractivity contribution in [3.63, 3.8) is 0 Å². The van der Waals surface area contributed by atoms with Crippen LogP contribution in [0.5, 0.6) is 0 Å². The van der Waals surface area contributed by atoms with Crippen molar-refractivity contribution in [2.24, 2.45) is 0 Å². The fourth-order valence-electron chi connectivity index (χ4n) is 3.10. The van der Waals surface area contributed by atoms with Crippen LogP contribution in [-0.2, 0) is 16.0 Å². The molecule has 0 amide bonds. The molecule has 0 aromatic carbocycles. The zero-order valence-corrected chi connectivity index (χ0v) is 15.3. The Morgan fingerprint density at radius 2 is 2.08 bits per heavy atom. The summed E-state index contributed by atoms with van der Waals surface area (Å²) in [5, 5.41) is 10.1. The number of aromatic nitrogens is 1. The van der Waals surface area contributed by atoms with E-state index in [1.807, 2.05) is 30.4 Å². The molecular weight excluding hydrogens is 314 g/mol. The van der Waals surface area contributed by atoms with Crippen LogP contribution in [0.3, 0.4) is 0 Å². The van der Waals surface area contributed by atoms with Crippen molar-refractivity contribution in [2.75, 3.05) is 0 Å². The summed E-state index contributed by atoms with van der Waals surface area (Å²) in [7, 11) is 0. The summed E-state index contributed by atoms with van der Waals surface area (Å²) in [6, 6.07) is 5.84. The number of pyridine rings is 1. The van der Waals surface area contributed by atoms with Crippen LogP contribution in [0.1, 0.15) is 76.1 Å². The van der Waals surface area contributed by atoms with Gasteiger partial charge in [0.1, 0.15) is 6.10 Å². The highest BCUT2D eigenvalue weighted by Gasteiger charge is 2.23. The Labute approximate surface area is 151 Å². The number of esters is 1. The van der Waals surface area contributed by atoms with Crippen molar-refractivity contribution >= 4 is 12.0 Å². The molecule has 2 rings (SSSR count). The molecule has 1 saturated heterocycles. The Morgan fingerprint density at radius 3 is 2.84 bits per heavy atom. The first-order valence-electron chi connectivity index (χ1n) is 9.69. The number of carbonyl (C=O) groups is 1. The van der Waals surface area contributed by atoms with E-state index in [-0.39, 0.29) is 12.1 Å². The van der Waals surface area contributed by atoms with Crippen molar-refractivity contribution in [2.45, 2.75) is 83.3 Å². The van der Waals surface area contributed by atoms with Crippen LogP contribution in [0.2, 0.25) is 0 Å². The van der Waals surface area contributed by atoms with Crippen LogP contribution in [0, 0.1) is 0 Å². The molecule has 25 heavy (non-hydrogen) atoms. The molecule has 0 spiro atoms. The average molecular weight is 345 g/mol. The van der Waals surface area contributed by atoms with E-state index in [4.69, 9.17) is 4.74 Å². The van der Waals surface area contributed by atoms with Crippen LogP contribution < -0.4 is 0 Å². The fourth-order valence-corrected chi connectivity index (χ4v) is 3.10. The first kappa shape index (κ1) is 19.6. The average Bonchev–Trinajstić information content (AvgIpc) is 3.01. The fraction of sp³-hybridized carbons (Fsp3) is 0.619. The lowest BCUT2D eigenvalue weighted by Gasteiger charge is -2.09. The van der Waals surface area contributed by atoms with Crippen LogP contribution in [-0.4, -0.2) is 28.3 Å². The lowest BCUT2D eigenvalue weighted by atomic mass is 10.1. The molecule has 0 bridgehead atoms. The number of ether oxygens (including phenoxy) is 1. The van der Waals surface area contributed by atoms with Gasteiger partial charge in [0.2, 0.25) is 0 Å². The molecule has 1 N–H and O–H groups in total. The molecule has 138 valence electrons. The van der Waals surface area contributed by atoms with Crippen molar-refractivity contribution < 1.29 is 14.6 Å². The van der Waals surface area contributed by atoms with Gasteiger partial charge in [0.25, 0.3) is 0 Å². The predicted octanol–water partition coefficient (Wildman–Crippen LogP) is 4.45. The van der Waals surface area contributed by atoms with Crippen LogP contribution >= 0.6 is 0 Å². The Balaban J connectivity index is 1.72. The number of unbranched alkanes of at least 4 members (excludes halogenated alkanes) is 5. The smallest absolute Gasteiger partial charge is 0.306 e. The van der Waals surface area contributed by atoms with E-state index in [0.717, 1.165) is 30.7 Å². The molecule has 1 aromatic heterocycles. The second-order valence-corrected chi connectivity index (χ2v) is 6.89. The van der Waals surface area contributed by atoms with Gasteiger partial charge >= 0.3 is 5.97 Å². The maximum atomic E-state index is 11.2. The van der Waals surface area contributed by atoms with E-state index < -0.39 is 6.10 Å². The van der Waals surface area contributed by atoms with Crippen molar-refractivity contribution in [3.05, 3.63) is 35.7 Å². The lowest BCUT2D eigenvalue weighted by molar-refractivity contribution is -0.141. The molecule has 0 radical (unpaired) electrons. The van der Waals surface area contributed by atoms with E-state index >= 15 is 0 Å². The van der Waals surface area contributed by atoms with Crippen molar-refractivity contribution in [1.29, 1.82) is 0 Å². The van der Waals surface area contributed by atoms with Gasteiger partial charge in [-0.15, -0.1) is 0 Å². The summed E-state index contributed by atoms with van der Waals surface area (Å²) >= 11 is 0. The monoisotopic (exact) mass is 345 g/mol. The summed E-state index contributed by atoms with van der Waals surface area (Å²) in [5.74, 6) is -0.112. The van der Waals surface area contributed by atoms with E-state index in [2.05, 4.69) is 11.9 Å². The van der Waals surface area contributed by atoms with Crippen LogP contribution in [0.25, 0.3) is 6.08 Å². The Morgan fingerprint density at radius 1 is 1.28 bits per heavy atom. The topological polar surface area (TPSA) is 59.4 Å². The Hall–Kier alpha value is -1.68. The van der Waals surface area contributed by atoms with Crippen molar-refractivity contribution in [3.8, 4) is 0 Å². The molecule has 0 saturated carbocycles. The highest BCUT2D eigenvalue weighted by atomic mass is 16.5.